The van der Waals surface area contributed by atoms with Gasteiger partial charge in [0, 0.05) is 12.5 Å². The van der Waals surface area contributed by atoms with E-state index in [0.717, 1.165) is 24.2 Å². The average Bonchev–Trinajstić information content (AvgIpc) is 2.43. The van der Waals surface area contributed by atoms with E-state index in [-0.39, 0.29) is 11.8 Å². The molecule has 1 amide bonds. The molecule has 19 heavy (non-hydrogen) atoms. The van der Waals surface area contributed by atoms with Crippen molar-refractivity contribution < 1.29 is 9.53 Å². The number of nitrogens with two attached hydrogens (primary N) is 1. The fraction of sp³-hybridized carbons (Fsp3) is 0.533. The summed E-state index contributed by atoms with van der Waals surface area (Å²) in [5.41, 5.74) is 6.49. The zero-order valence-electron chi connectivity index (χ0n) is 11.8. The largest absolute Gasteiger partial charge is 0.494 e. The quantitative estimate of drug-likeness (QED) is 0.755. The van der Waals surface area contributed by atoms with E-state index >= 15 is 0 Å². The molecule has 1 atom stereocenters. The third-order valence-corrected chi connectivity index (χ3v) is 2.97. The second-order valence-electron chi connectivity index (χ2n) is 4.63. The molecule has 1 unspecified atom stereocenters. The first-order valence-corrected chi connectivity index (χ1v) is 6.87. The number of benzene rings is 1. The lowest BCUT2D eigenvalue weighted by Gasteiger charge is -2.12. The number of hydrogen-bond acceptors (Lipinski definition) is 3. The van der Waals surface area contributed by atoms with E-state index < -0.39 is 0 Å². The number of carbonyl (C=O) groups excluding carboxylic acids is 1. The van der Waals surface area contributed by atoms with Crippen molar-refractivity contribution in [3.05, 3.63) is 29.8 Å². The van der Waals surface area contributed by atoms with Crippen molar-refractivity contribution in [3.63, 3.8) is 0 Å². The summed E-state index contributed by atoms with van der Waals surface area (Å²) in [6, 6.07) is 7.78. The Hall–Kier alpha value is -1.55. The van der Waals surface area contributed by atoms with Crippen molar-refractivity contribution in [1.82, 2.24) is 5.32 Å². The van der Waals surface area contributed by atoms with Crippen LogP contribution in [0.15, 0.2) is 24.3 Å². The summed E-state index contributed by atoms with van der Waals surface area (Å²) in [5.74, 6) is 0.930. The Labute approximate surface area is 115 Å². The smallest absolute Gasteiger partial charge is 0.223 e. The van der Waals surface area contributed by atoms with Crippen molar-refractivity contribution in [3.8, 4) is 5.75 Å². The first kappa shape index (κ1) is 15.5. The van der Waals surface area contributed by atoms with Gasteiger partial charge in [-0.05, 0) is 44.0 Å². The summed E-state index contributed by atoms with van der Waals surface area (Å²) in [6.45, 7) is 5.70. The topological polar surface area (TPSA) is 64.3 Å². The molecule has 0 fully saturated rings. The second-order valence-corrected chi connectivity index (χ2v) is 4.63. The molecule has 0 aliphatic heterocycles. The lowest BCUT2D eigenvalue weighted by atomic mass is 10.0. The molecular formula is C15H24N2O2. The summed E-state index contributed by atoms with van der Waals surface area (Å²) >= 11 is 0. The van der Waals surface area contributed by atoms with Crippen molar-refractivity contribution in [2.45, 2.75) is 33.2 Å². The van der Waals surface area contributed by atoms with Crippen molar-refractivity contribution in [2.24, 2.45) is 11.7 Å². The van der Waals surface area contributed by atoms with Crippen LogP contribution in [-0.4, -0.2) is 19.1 Å². The van der Waals surface area contributed by atoms with Gasteiger partial charge in [-0.1, -0.05) is 19.1 Å². The second kappa shape index (κ2) is 8.53. The molecule has 0 saturated heterocycles. The lowest BCUT2D eigenvalue weighted by molar-refractivity contribution is -0.124. The third-order valence-electron chi connectivity index (χ3n) is 2.97. The van der Waals surface area contributed by atoms with Gasteiger partial charge in [0.05, 0.1) is 6.61 Å². The Balaban J connectivity index is 2.43. The first-order chi connectivity index (χ1) is 9.17. The summed E-state index contributed by atoms with van der Waals surface area (Å²) in [4.78, 5) is 11.8. The predicted molar refractivity (Wildman–Crippen MR) is 76.9 cm³/mol. The molecule has 1 aromatic rings. The van der Waals surface area contributed by atoms with E-state index in [0.29, 0.717) is 19.7 Å². The molecule has 0 saturated carbocycles. The summed E-state index contributed by atoms with van der Waals surface area (Å²) in [6.07, 6.45) is 1.72. The third kappa shape index (κ3) is 5.75. The molecule has 0 aliphatic carbocycles. The van der Waals surface area contributed by atoms with Crippen LogP contribution in [0.4, 0.5) is 0 Å². The molecule has 0 bridgehead atoms. The van der Waals surface area contributed by atoms with E-state index in [2.05, 4.69) is 5.32 Å². The minimum atomic E-state index is 0.0126. The Morgan fingerprint density at radius 1 is 1.47 bits per heavy atom. The zero-order valence-corrected chi connectivity index (χ0v) is 11.8. The first-order valence-electron chi connectivity index (χ1n) is 6.87. The molecular weight excluding hydrogens is 240 g/mol. The van der Waals surface area contributed by atoms with E-state index in [1.54, 1.807) is 0 Å². The Morgan fingerprint density at radius 3 is 2.95 bits per heavy atom. The van der Waals surface area contributed by atoms with Crippen molar-refractivity contribution >= 4 is 5.91 Å². The van der Waals surface area contributed by atoms with Gasteiger partial charge in [-0.25, -0.2) is 0 Å². The predicted octanol–water partition coefficient (Wildman–Crippen LogP) is 2.08. The van der Waals surface area contributed by atoms with Crippen LogP contribution in [0.3, 0.4) is 0 Å². The van der Waals surface area contributed by atoms with Crippen LogP contribution in [-0.2, 0) is 11.3 Å². The molecule has 0 radical (unpaired) electrons. The zero-order chi connectivity index (χ0) is 14.1. The van der Waals surface area contributed by atoms with Crippen LogP contribution in [0.1, 0.15) is 32.3 Å². The van der Waals surface area contributed by atoms with Gasteiger partial charge < -0.3 is 15.8 Å². The van der Waals surface area contributed by atoms with Gasteiger partial charge in [-0.3, -0.25) is 4.79 Å². The van der Waals surface area contributed by atoms with Crippen LogP contribution >= 0.6 is 0 Å². The van der Waals surface area contributed by atoms with Crippen LogP contribution in [0.5, 0.6) is 5.75 Å². The Morgan fingerprint density at radius 2 is 2.26 bits per heavy atom. The van der Waals surface area contributed by atoms with E-state index in [9.17, 15) is 4.79 Å². The van der Waals surface area contributed by atoms with Gasteiger partial charge in [0.1, 0.15) is 5.75 Å². The van der Waals surface area contributed by atoms with E-state index in [1.165, 1.54) is 0 Å². The highest BCUT2D eigenvalue weighted by Gasteiger charge is 2.11. The maximum atomic E-state index is 11.8. The number of carbonyl (C=O) groups is 1. The van der Waals surface area contributed by atoms with Crippen molar-refractivity contribution in [1.29, 1.82) is 0 Å². The monoisotopic (exact) mass is 264 g/mol. The lowest BCUT2D eigenvalue weighted by Crippen LogP contribution is -2.29. The average molecular weight is 264 g/mol. The molecule has 4 heteroatoms. The van der Waals surface area contributed by atoms with Gasteiger partial charge in [-0.2, -0.15) is 0 Å². The van der Waals surface area contributed by atoms with Crippen LogP contribution in [0.25, 0.3) is 0 Å². The maximum Gasteiger partial charge on any atom is 0.223 e. The van der Waals surface area contributed by atoms with Crippen molar-refractivity contribution in [2.75, 3.05) is 13.2 Å². The van der Waals surface area contributed by atoms with Gasteiger partial charge >= 0.3 is 0 Å². The molecule has 0 aliphatic rings. The molecule has 1 rings (SSSR count). The number of nitrogens with one attached hydrogen (secondary N) is 1. The minimum Gasteiger partial charge on any atom is -0.494 e. The molecule has 106 valence electrons. The van der Waals surface area contributed by atoms with Gasteiger partial charge in [-0.15, -0.1) is 0 Å². The fourth-order valence-electron chi connectivity index (χ4n) is 1.83. The highest BCUT2D eigenvalue weighted by atomic mass is 16.5. The molecule has 1 aromatic carbocycles. The van der Waals surface area contributed by atoms with E-state index in [4.69, 9.17) is 10.5 Å². The molecule has 0 aromatic heterocycles. The van der Waals surface area contributed by atoms with Gasteiger partial charge in [0.25, 0.3) is 0 Å². The van der Waals surface area contributed by atoms with Crippen LogP contribution in [0, 0.1) is 5.92 Å². The molecule has 3 N–H and O–H groups in total. The summed E-state index contributed by atoms with van der Waals surface area (Å²) < 4.78 is 5.43. The Kier molecular flexibility index (Phi) is 6.97. The molecule has 4 nitrogen and oxygen atoms in total. The van der Waals surface area contributed by atoms with E-state index in [1.807, 2.05) is 38.1 Å². The number of amides is 1. The van der Waals surface area contributed by atoms with Crippen LogP contribution < -0.4 is 15.8 Å². The number of ether oxygens (including phenoxy) is 1. The maximum absolute atomic E-state index is 11.8. The number of hydrogen-bond donors (Lipinski definition) is 2. The van der Waals surface area contributed by atoms with Crippen LogP contribution in [0.2, 0.25) is 0 Å². The normalized spacial score (nSPS) is 11.9. The molecule has 0 heterocycles. The highest BCUT2D eigenvalue weighted by Crippen LogP contribution is 2.13. The minimum absolute atomic E-state index is 0.0126. The SMILES string of the molecule is CCOc1cccc(CNC(=O)C(C)CCCN)c1. The standard InChI is InChI=1S/C15H24N2O2/c1-3-19-14-8-4-7-13(10-14)11-17-15(18)12(2)6-5-9-16/h4,7-8,10,12H,3,5-6,9,11,16H2,1-2H3,(H,17,18). The fourth-order valence-corrected chi connectivity index (χ4v) is 1.83. The van der Waals surface area contributed by atoms with Gasteiger partial charge in [0.2, 0.25) is 5.91 Å². The van der Waals surface area contributed by atoms with Gasteiger partial charge in [0.15, 0.2) is 0 Å². The summed E-state index contributed by atoms with van der Waals surface area (Å²) in [7, 11) is 0. The summed E-state index contributed by atoms with van der Waals surface area (Å²) in [5, 5.41) is 2.94. The highest BCUT2D eigenvalue weighted by molar-refractivity contribution is 5.78. The molecule has 0 spiro atoms. The Bertz CT molecular complexity index is 393. The number of rotatable bonds is 8.